The SMILES string of the molecule is C\C=C(/C=C\C(F)=C/C)CC. The van der Waals surface area contributed by atoms with Gasteiger partial charge in [-0.05, 0) is 26.3 Å². The third kappa shape index (κ3) is 4.54. The minimum Gasteiger partial charge on any atom is -0.207 e. The number of hydrogen-bond donors (Lipinski definition) is 0. The average Bonchev–Trinajstić information content (AvgIpc) is 2.06. The van der Waals surface area contributed by atoms with Gasteiger partial charge < -0.3 is 0 Å². The second-order valence-corrected chi connectivity index (χ2v) is 2.22. The third-order valence-electron chi connectivity index (χ3n) is 1.51. The molecule has 0 saturated carbocycles. The number of halogens is 1. The fourth-order valence-corrected chi connectivity index (χ4v) is 0.701. The summed E-state index contributed by atoms with van der Waals surface area (Å²) in [5, 5.41) is 0. The lowest BCUT2D eigenvalue weighted by Crippen LogP contribution is -1.72. The van der Waals surface area contributed by atoms with Crippen molar-refractivity contribution in [3.8, 4) is 0 Å². The Morgan fingerprint density at radius 1 is 1.18 bits per heavy atom. The molecule has 0 N–H and O–H groups in total. The van der Waals surface area contributed by atoms with E-state index in [1.807, 2.05) is 19.9 Å². The van der Waals surface area contributed by atoms with Gasteiger partial charge in [0.05, 0.1) is 0 Å². The molecule has 1 heteroatoms. The fourth-order valence-electron chi connectivity index (χ4n) is 0.701. The van der Waals surface area contributed by atoms with Crippen LogP contribution in [-0.4, -0.2) is 0 Å². The Labute approximate surface area is 68.1 Å². The van der Waals surface area contributed by atoms with Crippen molar-refractivity contribution >= 4 is 0 Å². The third-order valence-corrected chi connectivity index (χ3v) is 1.51. The largest absolute Gasteiger partial charge is 0.207 e. The molecule has 0 aliphatic rings. The Balaban J connectivity index is 4.12. The first-order chi connectivity index (χ1) is 5.24. The molecular weight excluding hydrogens is 139 g/mol. The normalized spacial score (nSPS) is 14.5. The zero-order valence-corrected chi connectivity index (χ0v) is 7.39. The molecule has 0 saturated heterocycles. The predicted molar refractivity (Wildman–Crippen MR) is 48.1 cm³/mol. The molecule has 0 aromatic heterocycles. The van der Waals surface area contributed by atoms with Crippen LogP contribution in [0, 0.1) is 0 Å². The summed E-state index contributed by atoms with van der Waals surface area (Å²) in [6.45, 7) is 5.69. The average molecular weight is 154 g/mol. The molecule has 0 aliphatic heterocycles. The van der Waals surface area contributed by atoms with Gasteiger partial charge in [-0.25, -0.2) is 4.39 Å². The molecule has 62 valence electrons. The molecule has 0 rings (SSSR count). The zero-order chi connectivity index (χ0) is 8.69. The van der Waals surface area contributed by atoms with Gasteiger partial charge in [0.1, 0.15) is 5.83 Å². The second kappa shape index (κ2) is 5.90. The molecular formula is C10H15F. The molecule has 11 heavy (non-hydrogen) atoms. The van der Waals surface area contributed by atoms with Crippen LogP contribution in [0.5, 0.6) is 0 Å². The van der Waals surface area contributed by atoms with E-state index in [-0.39, 0.29) is 5.83 Å². The van der Waals surface area contributed by atoms with Crippen LogP contribution in [0.1, 0.15) is 27.2 Å². The van der Waals surface area contributed by atoms with Gasteiger partial charge in [0.25, 0.3) is 0 Å². The Bertz CT molecular complexity index is 185. The number of rotatable bonds is 3. The lowest BCUT2D eigenvalue weighted by atomic mass is 10.2. The van der Waals surface area contributed by atoms with E-state index in [4.69, 9.17) is 0 Å². The molecule has 0 heterocycles. The van der Waals surface area contributed by atoms with Gasteiger partial charge >= 0.3 is 0 Å². The maximum atomic E-state index is 12.5. The first-order valence-electron chi connectivity index (χ1n) is 3.89. The van der Waals surface area contributed by atoms with E-state index >= 15 is 0 Å². The van der Waals surface area contributed by atoms with Crippen LogP contribution >= 0.6 is 0 Å². The minimum atomic E-state index is -0.183. The van der Waals surface area contributed by atoms with Crippen LogP contribution in [0.2, 0.25) is 0 Å². The van der Waals surface area contributed by atoms with E-state index in [9.17, 15) is 4.39 Å². The van der Waals surface area contributed by atoms with Crippen molar-refractivity contribution in [3.63, 3.8) is 0 Å². The van der Waals surface area contributed by atoms with Crippen molar-refractivity contribution < 1.29 is 4.39 Å². The topological polar surface area (TPSA) is 0 Å². The smallest absolute Gasteiger partial charge is 0.118 e. The molecule has 0 spiro atoms. The van der Waals surface area contributed by atoms with Crippen LogP contribution < -0.4 is 0 Å². The standard InChI is InChI=1S/C10H15F/c1-4-9(5-2)7-8-10(11)6-3/h4,6-8H,5H2,1-3H3/b8-7-,9-4-,10-6+. The fraction of sp³-hybridized carbons (Fsp3) is 0.400. The van der Waals surface area contributed by atoms with Gasteiger partial charge in [0.2, 0.25) is 0 Å². The van der Waals surface area contributed by atoms with Crippen LogP contribution in [-0.2, 0) is 0 Å². The lowest BCUT2D eigenvalue weighted by molar-refractivity contribution is 0.664. The molecule has 0 fully saturated rings. The molecule has 0 bridgehead atoms. The van der Waals surface area contributed by atoms with E-state index < -0.39 is 0 Å². The summed E-state index contributed by atoms with van der Waals surface area (Å²) in [6.07, 6.45) is 7.66. The Kier molecular flexibility index (Phi) is 5.44. The summed E-state index contributed by atoms with van der Waals surface area (Å²) in [5.41, 5.74) is 1.15. The van der Waals surface area contributed by atoms with Gasteiger partial charge in [0.15, 0.2) is 0 Å². The van der Waals surface area contributed by atoms with Crippen LogP contribution in [0.25, 0.3) is 0 Å². The number of hydrogen-bond acceptors (Lipinski definition) is 0. The lowest BCUT2D eigenvalue weighted by Gasteiger charge is -1.92. The van der Waals surface area contributed by atoms with Crippen molar-refractivity contribution in [2.45, 2.75) is 27.2 Å². The van der Waals surface area contributed by atoms with Crippen molar-refractivity contribution in [1.29, 1.82) is 0 Å². The van der Waals surface area contributed by atoms with Crippen LogP contribution in [0.3, 0.4) is 0 Å². The summed E-state index contributed by atoms with van der Waals surface area (Å²) in [4.78, 5) is 0. The molecule has 0 atom stereocenters. The summed E-state index contributed by atoms with van der Waals surface area (Å²) in [7, 11) is 0. The van der Waals surface area contributed by atoms with Gasteiger partial charge in [0, 0.05) is 0 Å². The molecule has 0 aromatic carbocycles. The van der Waals surface area contributed by atoms with Crippen molar-refractivity contribution in [2.24, 2.45) is 0 Å². The molecule has 0 aliphatic carbocycles. The zero-order valence-electron chi connectivity index (χ0n) is 7.39. The van der Waals surface area contributed by atoms with Crippen LogP contribution in [0.4, 0.5) is 4.39 Å². The molecule has 0 amide bonds. The van der Waals surface area contributed by atoms with Gasteiger partial charge in [-0.15, -0.1) is 0 Å². The highest BCUT2D eigenvalue weighted by molar-refractivity contribution is 5.23. The summed E-state index contributed by atoms with van der Waals surface area (Å²) in [5.74, 6) is -0.183. The van der Waals surface area contributed by atoms with Crippen molar-refractivity contribution in [1.82, 2.24) is 0 Å². The highest BCUT2D eigenvalue weighted by Crippen LogP contribution is 2.05. The van der Waals surface area contributed by atoms with E-state index in [1.54, 1.807) is 13.0 Å². The molecule has 0 aromatic rings. The molecule has 0 radical (unpaired) electrons. The maximum Gasteiger partial charge on any atom is 0.118 e. The van der Waals surface area contributed by atoms with E-state index in [2.05, 4.69) is 0 Å². The van der Waals surface area contributed by atoms with E-state index in [0.29, 0.717) is 0 Å². The van der Waals surface area contributed by atoms with E-state index in [0.717, 1.165) is 12.0 Å². The minimum absolute atomic E-state index is 0.183. The van der Waals surface area contributed by atoms with Crippen molar-refractivity contribution in [2.75, 3.05) is 0 Å². The first-order valence-corrected chi connectivity index (χ1v) is 3.89. The first kappa shape index (κ1) is 10.2. The summed E-state index contributed by atoms with van der Waals surface area (Å²) >= 11 is 0. The highest BCUT2D eigenvalue weighted by atomic mass is 19.1. The number of allylic oxidation sites excluding steroid dienone is 6. The van der Waals surface area contributed by atoms with Gasteiger partial charge in [-0.2, -0.15) is 0 Å². The van der Waals surface area contributed by atoms with Gasteiger partial charge in [-0.1, -0.05) is 30.7 Å². The Morgan fingerprint density at radius 2 is 1.82 bits per heavy atom. The predicted octanol–water partition coefficient (Wildman–Crippen LogP) is 3.77. The van der Waals surface area contributed by atoms with E-state index in [1.165, 1.54) is 12.2 Å². The Morgan fingerprint density at radius 3 is 2.18 bits per heavy atom. The summed E-state index contributed by atoms with van der Waals surface area (Å²) < 4.78 is 12.5. The van der Waals surface area contributed by atoms with Gasteiger partial charge in [-0.3, -0.25) is 0 Å². The van der Waals surface area contributed by atoms with Crippen molar-refractivity contribution in [3.05, 3.63) is 35.7 Å². The van der Waals surface area contributed by atoms with Crippen LogP contribution in [0.15, 0.2) is 35.7 Å². The highest BCUT2D eigenvalue weighted by Gasteiger charge is 1.86. The summed E-state index contributed by atoms with van der Waals surface area (Å²) in [6, 6.07) is 0. The quantitative estimate of drug-likeness (QED) is 0.543. The molecule has 0 unspecified atom stereocenters. The maximum absolute atomic E-state index is 12.5. The second-order valence-electron chi connectivity index (χ2n) is 2.22. The Hall–Kier alpha value is -0.850. The molecule has 0 nitrogen and oxygen atoms in total. The monoisotopic (exact) mass is 154 g/mol.